The fourth-order valence-corrected chi connectivity index (χ4v) is 1.68. The third-order valence-electron chi connectivity index (χ3n) is 2.88. The second-order valence-corrected chi connectivity index (χ2v) is 4.91. The van der Waals surface area contributed by atoms with E-state index in [0.717, 1.165) is 5.52 Å². The summed E-state index contributed by atoms with van der Waals surface area (Å²) >= 11 is 0. The molecular formula is C13H17N5O. The number of pyridine rings is 1. The monoisotopic (exact) mass is 259 g/mol. The van der Waals surface area contributed by atoms with Gasteiger partial charge in [-0.2, -0.15) is 0 Å². The van der Waals surface area contributed by atoms with Gasteiger partial charge in [0.1, 0.15) is 11.3 Å². The first-order valence-electron chi connectivity index (χ1n) is 6.07. The Labute approximate surface area is 111 Å². The molecule has 0 fully saturated rings. The maximum absolute atomic E-state index is 11.7. The van der Waals surface area contributed by atoms with Gasteiger partial charge in [0.15, 0.2) is 5.65 Å². The first kappa shape index (κ1) is 13.2. The number of hydrogen-bond acceptors (Lipinski definition) is 5. The SMILES string of the molecule is CNC(=O)C(C)(C)CNc1ccc2nccnc2n1. The van der Waals surface area contributed by atoms with Crippen LogP contribution in [-0.4, -0.2) is 34.5 Å². The average Bonchev–Trinajstić information content (AvgIpc) is 2.44. The number of carbonyl (C=O) groups excluding carboxylic acids is 1. The van der Waals surface area contributed by atoms with E-state index in [0.29, 0.717) is 18.0 Å². The molecule has 6 heteroatoms. The Balaban J connectivity index is 2.12. The number of carbonyl (C=O) groups is 1. The number of aromatic nitrogens is 3. The first-order valence-corrected chi connectivity index (χ1v) is 6.07. The van der Waals surface area contributed by atoms with E-state index in [1.807, 2.05) is 26.0 Å². The molecule has 0 bridgehead atoms. The van der Waals surface area contributed by atoms with Crippen LogP contribution >= 0.6 is 0 Å². The molecule has 2 aromatic rings. The summed E-state index contributed by atoms with van der Waals surface area (Å²) in [4.78, 5) is 24.3. The van der Waals surface area contributed by atoms with Gasteiger partial charge >= 0.3 is 0 Å². The Kier molecular flexibility index (Phi) is 3.59. The standard InChI is InChI=1S/C13H17N5O/c1-13(2,12(19)14-3)8-17-10-5-4-9-11(18-10)16-7-6-15-9/h4-7H,8H2,1-3H3,(H,14,19)(H,16,17,18). The van der Waals surface area contributed by atoms with Gasteiger partial charge in [0, 0.05) is 26.0 Å². The van der Waals surface area contributed by atoms with Crippen LogP contribution in [0.15, 0.2) is 24.5 Å². The van der Waals surface area contributed by atoms with Crippen LogP contribution in [0.3, 0.4) is 0 Å². The Morgan fingerprint density at radius 2 is 2.00 bits per heavy atom. The topological polar surface area (TPSA) is 79.8 Å². The lowest BCUT2D eigenvalue weighted by atomic mass is 9.92. The lowest BCUT2D eigenvalue weighted by Gasteiger charge is -2.23. The van der Waals surface area contributed by atoms with Crippen molar-refractivity contribution in [1.82, 2.24) is 20.3 Å². The number of nitrogens with one attached hydrogen (secondary N) is 2. The van der Waals surface area contributed by atoms with Crippen molar-refractivity contribution in [3.05, 3.63) is 24.5 Å². The highest BCUT2D eigenvalue weighted by molar-refractivity contribution is 5.82. The molecule has 0 aliphatic heterocycles. The van der Waals surface area contributed by atoms with Crippen LogP contribution in [0, 0.1) is 5.41 Å². The number of anilines is 1. The van der Waals surface area contributed by atoms with Crippen molar-refractivity contribution < 1.29 is 4.79 Å². The van der Waals surface area contributed by atoms with E-state index in [2.05, 4.69) is 25.6 Å². The van der Waals surface area contributed by atoms with Gasteiger partial charge in [-0.05, 0) is 26.0 Å². The molecule has 0 aliphatic rings. The maximum atomic E-state index is 11.7. The van der Waals surface area contributed by atoms with Crippen LogP contribution in [0.1, 0.15) is 13.8 Å². The highest BCUT2D eigenvalue weighted by atomic mass is 16.2. The van der Waals surface area contributed by atoms with E-state index < -0.39 is 5.41 Å². The summed E-state index contributed by atoms with van der Waals surface area (Å²) in [7, 11) is 1.63. The summed E-state index contributed by atoms with van der Waals surface area (Å²) in [6.07, 6.45) is 3.24. The van der Waals surface area contributed by atoms with Gasteiger partial charge in [-0.15, -0.1) is 0 Å². The molecule has 0 spiro atoms. The summed E-state index contributed by atoms with van der Waals surface area (Å²) in [5.41, 5.74) is 0.831. The molecule has 2 heterocycles. The van der Waals surface area contributed by atoms with Gasteiger partial charge in [-0.3, -0.25) is 9.78 Å². The van der Waals surface area contributed by atoms with E-state index in [-0.39, 0.29) is 5.91 Å². The summed E-state index contributed by atoms with van der Waals surface area (Å²) in [6, 6.07) is 3.68. The number of rotatable bonds is 4. The minimum Gasteiger partial charge on any atom is -0.369 e. The lowest BCUT2D eigenvalue weighted by Crippen LogP contribution is -2.39. The first-order chi connectivity index (χ1) is 9.03. The van der Waals surface area contributed by atoms with E-state index >= 15 is 0 Å². The molecule has 0 atom stereocenters. The predicted molar refractivity (Wildman–Crippen MR) is 73.7 cm³/mol. The van der Waals surface area contributed by atoms with Crippen LogP contribution in [0.2, 0.25) is 0 Å². The van der Waals surface area contributed by atoms with Crippen molar-refractivity contribution in [2.24, 2.45) is 5.41 Å². The zero-order chi connectivity index (χ0) is 13.9. The molecule has 2 N–H and O–H groups in total. The Morgan fingerprint density at radius 3 is 2.74 bits per heavy atom. The molecule has 0 radical (unpaired) electrons. The van der Waals surface area contributed by atoms with Crippen molar-refractivity contribution >= 4 is 22.9 Å². The molecule has 19 heavy (non-hydrogen) atoms. The summed E-state index contributed by atoms with van der Waals surface area (Å²) in [5.74, 6) is 0.672. The largest absolute Gasteiger partial charge is 0.369 e. The third kappa shape index (κ3) is 2.96. The number of amides is 1. The Morgan fingerprint density at radius 1 is 1.26 bits per heavy atom. The second-order valence-electron chi connectivity index (χ2n) is 4.91. The smallest absolute Gasteiger partial charge is 0.227 e. The van der Waals surface area contributed by atoms with Gasteiger partial charge < -0.3 is 10.6 Å². The summed E-state index contributed by atoms with van der Waals surface area (Å²) < 4.78 is 0. The number of nitrogens with zero attached hydrogens (tertiary/aromatic N) is 3. The Bertz CT molecular complexity index is 596. The third-order valence-corrected chi connectivity index (χ3v) is 2.88. The predicted octanol–water partition coefficient (Wildman–Crippen LogP) is 1.21. The van der Waals surface area contributed by atoms with Gasteiger partial charge in [0.2, 0.25) is 5.91 Å². The van der Waals surface area contributed by atoms with Crippen molar-refractivity contribution in [2.45, 2.75) is 13.8 Å². The lowest BCUT2D eigenvalue weighted by molar-refractivity contribution is -0.128. The van der Waals surface area contributed by atoms with Gasteiger partial charge in [-0.25, -0.2) is 9.97 Å². The van der Waals surface area contributed by atoms with Crippen LogP contribution in [-0.2, 0) is 4.79 Å². The zero-order valence-corrected chi connectivity index (χ0v) is 11.3. The van der Waals surface area contributed by atoms with Crippen molar-refractivity contribution in [3.8, 4) is 0 Å². The molecular weight excluding hydrogens is 242 g/mol. The van der Waals surface area contributed by atoms with Crippen LogP contribution in [0.25, 0.3) is 11.2 Å². The molecule has 0 aromatic carbocycles. The second kappa shape index (κ2) is 5.17. The molecule has 100 valence electrons. The van der Waals surface area contributed by atoms with Crippen LogP contribution in [0.4, 0.5) is 5.82 Å². The van der Waals surface area contributed by atoms with Crippen molar-refractivity contribution in [2.75, 3.05) is 18.9 Å². The zero-order valence-electron chi connectivity index (χ0n) is 11.3. The van der Waals surface area contributed by atoms with Gasteiger partial charge in [0.25, 0.3) is 0 Å². The van der Waals surface area contributed by atoms with E-state index in [1.165, 1.54) is 0 Å². The van der Waals surface area contributed by atoms with Crippen molar-refractivity contribution in [3.63, 3.8) is 0 Å². The fraction of sp³-hybridized carbons (Fsp3) is 0.385. The summed E-state index contributed by atoms with van der Waals surface area (Å²) in [5, 5.41) is 5.80. The van der Waals surface area contributed by atoms with E-state index in [4.69, 9.17) is 0 Å². The molecule has 0 unspecified atom stereocenters. The highest BCUT2D eigenvalue weighted by Crippen LogP contribution is 2.17. The molecule has 0 saturated carbocycles. The molecule has 6 nitrogen and oxygen atoms in total. The number of hydrogen-bond donors (Lipinski definition) is 2. The normalized spacial score (nSPS) is 11.3. The van der Waals surface area contributed by atoms with Gasteiger partial charge in [0.05, 0.1) is 5.41 Å². The van der Waals surface area contributed by atoms with Gasteiger partial charge in [-0.1, -0.05) is 0 Å². The quantitative estimate of drug-likeness (QED) is 0.862. The van der Waals surface area contributed by atoms with Crippen molar-refractivity contribution in [1.29, 1.82) is 0 Å². The van der Waals surface area contributed by atoms with Crippen LogP contribution < -0.4 is 10.6 Å². The molecule has 2 rings (SSSR count). The number of fused-ring (bicyclic) bond motifs is 1. The van der Waals surface area contributed by atoms with Crippen LogP contribution in [0.5, 0.6) is 0 Å². The van der Waals surface area contributed by atoms with E-state index in [9.17, 15) is 4.79 Å². The average molecular weight is 259 g/mol. The summed E-state index contributed by atoms with van der Waals surface area (Å²) in [6.45, 7) is 4.24. The molecule has 1 amide bonds. The maximum Gasteiger partial charge on any atom is 0.227 e. The molecule has 2 aromatic heterocycles. The molecule has 0 aliphatic carbocycles. The fourth-order valence-electron chi connectivity index (χ4n) is 1.68. The Hall–Kier alpha value is -2.24. The minimum atomic E-state index is -0.506. The molecule has 0 saturated heterocycles. The minimum absolute atomic E-state index is 0.0134. The highest BCUT2D eigenvalue weighted by Gasteiger charge is 2.26. The van der Waals surface area contributed by atoms with E-state index in [1.54, 1.807) is 19.4 Å².